The standard InChI is InChI=1S/C22H16Cl2F3N3O/c23-17-5-7-18(8-6-17)30-19(15-2-1-3-16(10-15)22(25,26)27)13-29(21(30)31)12-14-4-9-20(24)28-11-14/h1-11,19H,12-13H2/t19-/m1/s1. The van der Waals surface area contributed by atoms with Gasteiger partial charge in [0.15, 0.2) is 0 Å². The van der Waals surface area contributed by atoms with Crippen LogP contribution >= 0.6 is 23.2 Å². The highest BCUT2D eigenvalue weighted by atomic mass is 35.5. The zero-order chi connectivity index (χ0) is 22.2. The largest absolute Gasteiger partial charge is 0.416 e. The van der Waals surface area contributed by atoms with Crippen LogP contribution in [-0.4, -0.2) is 22.5 Å². The predicted octanol–water partition coefficient (Wildman–Crippen LogP) is 6.59. The minimum Gasteiger partial charge on any atom is -0.318 e. The molecular weight excluding hydrogens is 450 g/mol. The Morgan fingerprint density at radius 1 is 1.03 bits per heavy atom. The van der Waals surface area contributed by atoms with Crippen molar-refractivity contribution in [2.45, 2.75) is 18.8 Å². The van der Waals surface area contributed by atoms with Crippen LogP contribution in [0.5, 0.6) is 0 Å². The summed E-state index contributed by atoms with van der Waals surface area (Å²) in [7, 11) is 0. The van der Waals surface area contributed by atoms with Gasteiger partial charge in [0.1, 0.15) is 5.15 Å². The number of amides is 2. The van der Waals surface area contributed by atoms with Crippen LogP contribution in [0.2, 0.25) is 10.2 Å². The fraction of sp³-hybridized carbons (Fsp3) is 0.182. The Morgan fingerprint density at radius 2 is 1.77 bits per heavy atom. The van der Waals surface area contributed by atoms with Gasteiger partial charge in [0.2, 0.25) is 0 Å². The third-order valence-corrected chi connectivity index (χ3v) is 5.52. The number of rotatable bonds is 4. The molecular formula is C22H16Cl2F3N3O. The van der Waals surface area contributed by atoms with Crippen molar-refractivity contribution in [3.8, 4) is 0 Å². The van der Waals surface area contributed by atoms with Gasteiger partial charge in [-0.2, -0.15) is 13.2 Å². The molecule has 1 aliphatic rings. The maximum Gasteiger partial charge on any atom is 0.416 e. The van der Waals surface area contributed by atoms with Crippen LogP contribution in [0.3, 0.4) is 0 Å². The summed E-state index contributed by atoms with van der Waals surface area (Å²) < 4.78 is 39.8. The second-order valence-corrected chi connectivity index (χ2v) is 7.96. The van der Waals surface area contributed by atoms with Crippen molar-refractivity contribution in [3.05, 3.63) is 93.7 Å². The quantitative estimate of drug-likeness (QED) is 0.407. The number of hydrogen-bond donors (Lipinski definition) is 0. The normalized spacial score (nSPS) is 16.8. The van der Waals surface area contributed by atoms with Gasteiger partial charge in [0.25, 0.3) is 0 Å². The monoisotopic (exact) mass is 465 g/mol. The maximum atomic E-state index is 13.3. The van der Waals surface area contributed by atoms with Crippen molar-refractivity contribution in [1.29, 1.82) is 0 Å². The second kappa shape index (κ2) is 8.40. The average Bonchev–Trinajstić information content (AvgIpc) is 3.06. The molecule has 0 spiro atoms. The van der Waals surface area contributed by atoms with Crippen LogP contribution in [0.25, 0.3) is 0 Å². The lowest BCUT2D eigenvalue weighted by Crippen LogP contribution is -2.32. The highest BCUT2D eigenvalue weighted by Crippen LogP contribution is 2.38. The Hall–Kier alpha value is -2.77. The van der Waals surface area contributed by atoms with Crippen LogP contribution < -0.4 is 4.90 Å². The van der Waals surface area contributed by atoms with E-state index in [-0.39, 0.29) is 19.1 Å². The zero-order valence-corrected chi connectivity index (χ0v) is 17.5. The van der Waals surface area contributed by atoms with Gasteiger partial charge < -0.3 is 4.90 Å². The van der Waals surface area contributed by atoms with E-state index < -0.39 is 17.8 Å². The SMILES string of the molecule is O=C1N(Cc2ccc(Cl)nc2)C[C@H](c2cccc(C(F)(F)F)c2)N1c1ccc(Cl)cc1. The topological polar surface area (TPSA) is 36.4 Å². The van der Waals surface area contributed by atoms with E-state index in [1.807, 2.05) is 0 Å². The third kappa shape index (κ3) is 4.62. The molecule has 1 atom stereocenters. The summed E-state index contributed by atoms with van der Waals surface area (Å²) in [5.41, 5.74) is 0.954. The maximum absolute atomic E-state index is 13.3. The van der Waals surface area contributed by atoms with Crippen molar-refractivity contribution in [2.24, 2.45) is 0 Å². The van der Waals surface area contributed by atoms with Crippen molar-refractivity contribution < 1.29 is 18.0 Å². The molecule has 1 saturated heterocycles. The summed E-state index contributed by atoms with van der Waals surface area (Å²) in [6.07, 6.45) is -2.90. The molecule has 2 aromatic carbocycles. The number of carbonyl (C=O) groups excluding carboxylic acids is 1. The summed E-state index contributed by atoms with van der Waals surface area (Å²) in [5.74, 6) is 0. The molecule has 9 heteroatoms. The summed E-state index contributed by atoms with van der Waals surface area (Å²) in [4.78, 5) is 20.4. The fourth-order valence-corrected chi connectivity index (χ4v) is 3.81. The number of carbonyl (C=O) groups is 1. The second-order valence-electron chi connectivity index (χ2n) is 7.14. The lowest BCUT2D eigenvalue weighted by Gasteiger charge is -2.24. The molecule has 4 rings (SSSR count). The molecule has 4 nitrogen and oxygen atoms in total. The smallest absolute Gasteiger partial charge is 0.318 e. The third-order valence-electron chi connectivity index (χ3n) is 5.05. The van der Waals surface area contributed by atoms with Crippen LogP contribution in [-0.2, 0) is 12.7 Å². The molecule has 0 N–H and O–H groups in total. The molecule has 1 aliphatic heterocycles. The molecule has 31 heavy (non-hydrogen) atoms. The zero-order valence-electron chi connectivity index (χ0n) is 16.0. The molecule has 0 bridgehead atoms. The van der Waals surface area contributed by atoms with Crippen molar-refractivity contribution in [1.82, 2.24) is 9.88 Å². The molecule has 2 heterocycles. The van der Waals surface area contributed by atoms with Gasteiger partial charge in [-0.15, -0.1) is 0 Å². The predicted molar refractivity (Wildman–Crippen MR) is 113 cm³/mol. The number of anilines is 1. The van der Waals surface area contributed by atoms with Crippen molar-refractivity contribution in [2.75, 3.05) is 11.4 Å². The minimum absolute atomic E-state index is 0.214. The molecule has 160 valence electrons. The molecule has 0 aliphatic carbocycles. The Kier molecular flexibility index (Phi) is 5.81. The number of pyridine rings is 1. The lowest BCUT2D eigenvalue weighted by molar-refractivity contribution is -0.137. The van der Waals surface area contributed by atoms with Gasteiger partial charge in [0.05, 0.1) is 11.6 Å². The molecule has 1 fully saturated rings. The van der Waals surface area contributed by atoms with Gasteiger partial charge in [-0.3, -0.25) is 4.90 Å². The number of nitrogens with zero attached hydrogens (tertiary/aromatic N) is 3. The number of hydrogen-bond acceptors (Lipinski definition) is 2. The lowest BCUT2D eigenvalue weighted by atomic mass is 10.0. The van der Waals surface area contributed by atoms with E-state index in [0.717, 1.165) is 17.7 Å². The van der Waals surface area contributed by atoms with Gasteiger partial charge in [-0.05, 0) is 53.6 Å². The number of alkyl halides is 3. The Labute approximate surface area is 186 Å². The van der Waals surface area contributed by atoms with E-state index >= 15 is 0 Å². The minimum atomic E-state index is -4.47. The molecule has 2 amide bonds. The molecule has 3 aromatic rings. The van der Waals surface area contributed by atoms with Gasteiger partial charge in [-0.25, -0.2) is 9.78 Å². The molecule has 1 aromatic heterocycles. The Balaban J connectivity index is 1.71. The molecule has 0 radical (unpaired) electrons. The van der Waals surface area contributed by atoms with E-state index in [2.05, 4.69) is 4.98 Å². The Bertz CT molecular complexity index is 1090. The van der Waals surface area contributed by atoms with Crippen LogP contribution in [0.1, 0.15) is 22.7 Å². The molecule has 0 saturated carbocycles. The first-order valence-electron chi connectivity index (χ1n) is 9.33. The van der Waals surface area contributed by atoms with Crippen LogP contribution in [0.4, 0.5) is 23.7 Å². The highest BCUT2D eigenvalue weighted by molar-refractivity contribution is 6.30. The van der Waals surface area contributed by atoms with Gasteiger partial charge in [0, 0.05) is 30.0 Å². The van der Waals surface area contributed by atoms with E-state index in [1.54, 1.807) is 53.6 Å². The number of benzene rings is 2. The highest BCUT2D eigenvalue weighted by Gasteiger charge is 2.40. The number of urea groups is 1. The van der Waals surface area contributed by atoms with E-state index in [1.165, 1.54) is 11.0 Å². The van der Waals surface area contributed by atoms with E-state index in [4.69, 9.17) is 23.2 Å². The summed E-state index contributed by atoms with van der Waals surface area (Å²) >= 11 is 11.8. The van der Waals surface area contributed by atoms with Crippen molar-refractivity contribution >= 4 is 34.9 Å². The van der Waals surface area contributed by atoms with Gasteiger partial charge >= 0.3 is 12.2 Å². The van der Waals surface area contributed by atoms with E-state index in [0.29, 0.717) is 21.4 Å². The first kappa shape index (κ1) is 21.5. The summed E-state index contributed by atoms with van der Waals surface area (Å²) in [6, 6.07) is 14.2. The van der Waals surface area contributed by atoms with Gasteiger partial charge in [-0.1, -0.05) is 41.4 Å². The van der Waals surface area contributed by atoms with Crippen molar-refractivity contribution in [3.63, 3.8) is 0 Å². The fourth-order valence-electron chi connectivity index (χ4n) is 3.58. The van der Waals surface area contributed by atoms with Crippen LogP contribution in [0, 0.1) is 0 Å². The van der Waals surface area contributed by atoms with E-state index in [9.17, 15) is 18.0 Å². The average molecular weight is 466 g/mol. The number of halogens is 5. The summed E-state index contributed by atoms with van der Waals surface area (Å²) in [6.45, 7) is 0.466. The first-order chi connectivity index (χ1) is 14.7. The Morgan fingerprint density at radius 3 is 2.42 bits per heavy atom. The number of aromatic nitrogens is 1. The summed E-state index contributed by atoms with van der Waals surface area (Å²) in [5, 5.41) is 0.830. The van der Waals surface area contributed by atoms with Crippen LogP contribution in [0.15, 0.2) is 66.9 Å². The first-order valence-corrected chi connectivity index (χ1v) is 10.1. The molecule has 0 unspecified atom stereocenters.